The number of methoxy groups -OCH3 is 1. The monoisotopic (exact) mass is 504 g/mol. The van der Waals surface area contributed by atoms with Crippen LogP contribution in [0.2, 0.25) is 0 Å². The number of hydrogen-bond acceptors (Lipinski definition) is 3. The predicted octanol–water partition coefficient (Wildman–Crippen LogP) is 8.05. The normalized spacial score (nSPS) is 15.3. The second-order valence-corrected chi connectivity index (χ2v) is 11.2. The second-order valence-electron chi connectivity index (χ2n) is 11.2. The molecule has 1 aliphatic rings. The van der Waals surface area contributed by atoms with Crippen LogP contribution >= 0.6 is 0 Å². The maximum atomic E-state index is 14.8. The number of rotatable bonds is 8. The molecular formula is C32H37FO4. The van der Waals surface area contributed by atoms with Gasteiger partial charge in [-0.25, -0.2) is 4.39 Å². The third-order valence-electron chi connectivity index (χ3n) is 7.51. The molecule has 0 amide bonds. The highest BCUT2D eigenvalue weighted by atomic mass is 19.1. The Morgan fingerprint density at radius 2 is 1.70 bits per heavy atom. The largest absolute Gasteiger partial charge is 0.497 e. The number of carboxylic acids is 1. The highest BCUT2D eigenvalue weighted by molar-refractivity contribution is 5.71. The molecule has 5 heteroatoms. The van der Waals surface area contributed by atoms with E-state index in [4.69, 9.17) is 9.47 Å². The summed E-state index contributed by atoms with van der Waals surface area (Å²) in [5.74, 6) is 0.302. The Kier molecular flexibility index (Phi) is 7.91. The van der Waals surface area contributed by atoms with Crippen molar-refractivity contribution in [3.05, 3.63) is 83.2 Å². The van der Waals surface area contributed by atoms with Crippen LogP contribution in [0.25, 0.3) is 11.1 Å². The molecule has 4 nitrogen and oxygen atoms in total. The van der Waals surface area contributed by atoms with Crippen molar-refractivity contribution in [2.45, 2.75) is 76.7 Å². The Morgan fingerprint density at radius 3 is 2.38 bits per heavy atom. The first-order valence-corrected chi connectivity index (χ1v) is 13.0. The van der Waals surface area contributed by atoms with Gasteiger partial charge in [0, 0.05) is 11.0 Å². The lowest BCUT2D eigenvalue weighted by Gasteiger charge is -2.37. The van der Waals surface area contributed by atoms with Gasteiger partial charge in [-0.15, -0.1) is 0 Å². The summed E-state index contributed by atoms with van der Waals surface area (Å²) in [5, 5.41) is 9.59. The van der Waals surface area contributed by atoms with Crippen LogP contribution in [0, 0.1) is 5.82 Å². The van der Waals surface area contributed by atoms with Gasteiger partial charge in [0.1, 0.15) is 23.9 Å². The van der Waals surface area contributed by atoms with Crippen molar-refractivity contribution in [3.63, 3.8) is 0 Å². The molecule has 0 bridgehead atoms. The molecule has 1 N–H and O–H groups in total. The minimum atomic E-state index is -0.754. The molecule has 1 aliphatic carbocycles. The molecule has 0 radical (unpaired) electrons. The molecular weight excluding hydrogens is 467 g/mol. The van der Waals surface area contributed by atoms with Crippen molar-refractivity contribution >= 4 is 5.97 Å². The zero-order chi connectivity index (χ0) is 26.6. The number of halogens is 1. The van der Waals surface area contributed by atoms with E-state index >= 15 is 0 Å². The van der Waals surface area contributed by atoms with Crippen LogP contribution in [-0.4, -0.2) is 18.2 Å². The summed E-state index contributed by atoms with van der Waals surface area (Å²) < 4.78 is 26.4. The van der Waals surface area contributed by atoms with E-state index in [2.05, 4.69) is 26.8 Å². The number of benzene rings is 3. The molecule has 0 spiro atoms. The Morgan fingerprint density at radius 1 is 0.946 bits per heavy atom. The van der Waals surface area contributed by atoms with Gasteiger partial charge in [-0.05, 0) is 70.8 Å². The molecule has 0 heterocycles. The number of aliphatic carboxylic acids is 1. The van der Waals surface area contributed by atoms with Crippen LogP contribution < -0.4 is 9.47 Å². The molecule has 3 aromatic carbocycles. The number of hydrogen-bond donors (Lipinski definition) is 1. The van der Waals surface area contributed by atoms with Gasteiger partial charge < -0.3 is 14.6 Å². The SMILES string of the molecule is COc1ccc(F)c(-c2ccc(COc3cccc(C4(CC(=O)O)CCCCC4)c3)cc2C(C)(C)C)c1. The molecule has 37 heavy (non-hydrogen) atoms. The molecule has 0 saturated heterocycles. The van der Waals surface area contributed by atoms with Crippen LogP contribution in [0.3, 0.4) is 0 Å². The van der Waals surface area contributed by atoms with Crippen LogP contribution in [-0.2, 0) is 22.2 Å². The highest BCUT2D eigenvalue weighted by Gasteiger charge is 2.36. The third-order valence-corrected chi connectivity index (χ3v) is 7.51. The summed E-state index contributed by atoms with van der Waals surface area (Å²) >= 11 is 0. The van der Waals surface area contributed by atoms with Gasteiger partial charge >= 0.3 is 5.97 Å². The number of ether oxygens (including phenoxy) is 2. The summed E-state index contributed by atoms with van der Waals surface area (Å²) in [6.45, 7) is 6.71. The van der Waals surface area contributed by atoms with Crippen molar-refractivity contribution in [1.82, 2.24) is 0 Å². The van der Waals surface area contributed by atoms with Gasteiger partial charge in [0.25, 0.3) is 0 Å². The van der Waals surface area contributed by atoms with Gasteiger partial charge in [-0.2, -0.15) is 0 Å². The minimum absolute atomic E-state index is 0.147. The molecule has 0 aliphatic heterocycles. The molecule has 1 fully saturated rings. The fourth-order valence-electron chi connectivity index (χ4n) is 5.54. The summed E-state index contributed by atoms with van der Waals surface area (Å²) in [6.07, 6.45) is 5.18. The van der Waals surface area contributed by atoms with Gasteiger partial charge in [-0.3, -0.25) is 4.79 Å². The standard InChI is InChI=1S/C32H37FO4/c1-31(2,3)28-17-22(11-13-26(28)27-19-24(36-4)12-14-29(27)33)21-37-25-10-8-9-23(18-25)32(20-30(34)35)15-6-5-7-16-32/h8-14,17-19H,5-7,15-16,20-21H2,1-4H3,(H,34,35). The summed E-state index contributed by atoms with van der Waals surface area (Å²) in [7, 11) is 1.58. The summed E-state index contributed by atoms with van der Waals surface area (Å²) in [5.41, 5.74) is 3.86. The van der Waals surface area contributed by atoms with Crippen molar-refractivity contribution in [1.29, 1.82) is 0 Å². The van der Waals surface area contributed by atoms with Crippen molar-refractivity contribution < 1.29 is 23.8 Å². The Bertz CT molecular complexity index is 1250. The first-order valence-electron chi connectivity index (χ1n) is 13.0. The van der Waals surface area contributed by atoms with E-state index in [0.717, 1.165) is 60.1 Å². The van der Waals surface area contributed by atoms with Crippen LogP contribution in [0.4, 0.5) is 4.39 Å². The fraction of sp³-hybridized carbons (Fsp3) is 0.406. The third kappa shape index (κ3) is 6.15. The lowest BCUT2D eigenvalue weighted by molar-refractivity contribution is -0.138. The zero-order valence-electron chi connectivity index (χ0n) is 22.3. The number of carbonyl (C=O) groups is 1. The zero-order valence-corrected chi connectivity index (χ0v) is 22.3. The lowest BCUT2D eigenvalue weighted by Crippen LogP contribution is -2.31. The van der Waals surface area contributed by atoms with Gasteiger partial charge in [0.2, 0.25) is 0 Å². The first-order chi connectivity index (χ1) is 17.6. The Labute approximate surface area is 219 Å². The first kappa shape index (κ1) is 26.7. The molecule has 0 atom stereocenters. The molecule has 0 aromatic heterocycles. The smallest absolute Gasteiger partial charge is 0.304 e. The minimum Gasteiger partial charge on any atom is -0.497 e. The van der Waals surface area contributed by atoms with E-state index < -0.39 is 5.97 Å². The molecule has 196 valence electrons. The van der Waals surface area contributed by atoms with Gasteiger partial charge in [-0.1, -0.05) is 70.4 Å². The maximum Gasteiger partial charge on any atom is 0.304 e. The topological polar surface area (TPSA) is 55.8 Å². The van der Waals surface area contributed by atoms with Crippen LogP contribution in [0.5, 0.6) is 11.5 Å². The van der Waals surface area contributed by atoms with Crippen molar-refractivity contribution in [3.8, 4) is 22.6 Å². The second kappa shape index (κ2) is 11.0. The highest BCUT2D eigenvalue weighted by Crippen LogP contribution is 2.43. The van der Waals surface area contributed by atoms with Crippen molar-refractivity contribution in [2.24, 2.45) is 0 Å². The molecule has 3 aromatic rings. The molecule has 0 unspecified atom stereocenters. The van der Waals surface area contributed by atoms with E-state index in [1.807, 2.05) is 36.4 Å². The maximum absolute atomic E-state index is 14.8. The molecule has 1 saturated carbocycles. The summed E-state index contributed by atoms with van der Waals surface area (Å²) in [4.78, 5) is 11.7. The van der Waals surface area contributed by atoms with Crippen molar-refractivity contribution in [2.75, 3.05) is 7.11 Å². The predicted molar refractivity (Wildman–Crippen MR) is 145 cm³/mol. The Hall–Kier alpha value is -3.34. The quantitative estimate of drug-likeness (QED) is 0.337. The van der Waals surface area contributed by atoms with Gasteiger partial charge in [0.15, 0.2) is 0 Å². The van der Waals surface area contributed by atoms with E-state index in [-0.39, 0.29) is 23.1 Å². The van der Waals surface area contributed by atoms with Crippen LogP contribution in [0.15, 0.2) is 60.7 Å². The van der Waals surface area contributed by atoms with E-state index in [0.29, 0.717) is 17.9 Å². The fourth-order valence-corrected chi connectivity index (χ4v) is 5.54. The van der Waals surface area contributed by atoms with Gasteiger partial charge in [0.05, 0.1) is 13.5 Å². The van der Waals surface area contributed by atoms with E-state index in [1.54, 1.807) is 19.2 Å². The van der Waals surface area contributed by atoms with E-state index in [9.17, 15) is 14.3 Å². The average molecular weight is 505 g/mol. The molecule has 4 rings (SSSR count). The number of carboxylic acid groups (broad SMARTS) is 1. The van der Waals surface area contributed by atoms with E-state index in [1.165, 1.54) is 6.07 Å². The summed E-state index contributed by atoms with van der Waals surface area (Å²) in [6, 6.07) is 18.7. The van der Waals surface area contributed by atoms with Crippen LogP contribution in [0.1, 0.15) is 76.0 Å². The Balaban J connectivity index is 1.60. The average Bonchev–Trinajstić information content (AvgIpc) is 2.87. The lowest BCUT2D eigenvalue weighted by atomic mass is 9.67.